The number of nitrogens with zero attached hydrogens (tertiary/aromatic N) is 1. The lowest BCUT2D eigenvalue weighted by Crippen LogP contribution is -2.34. The maximum atomic E-state index is 12.3. The van der Waals surface area contributed by atoms with Gasteiger partial charge in [-0.3, -0.25) is 4.79 Å². The molecular weight excluding hydrogens is 370 g/mol. The number of nitrogens with one attached hydrogen (secondary N) is 1. The first-order valence-corrected chi connectivity index (χ1v) is 9.47. The van der Waals surface area contributed by atoms with E-state index in [2.05, 4.69) is 5.32 Å². The number of benzene rings is 2. The number of amides is 1. The molecule has 0 aliphatic carbocycles. The predicted molar refractivity (Wildman–Crippen MR) is 93.2 cm³/mol. The molecular formula is C16H16F2N2O3S2. The van der Waals surface area contributed by atoms with Gasteiger partial charge in [-0.1, -0.05) is 30.0 Å². The van der Waals surface area contributed by atoms with E-state index in [9.17, 15) is 22.0 Å². The maximum Gasteiger partial charge on any atom is 0.288 e. The van der Waals surface area contributed by atoms with Crippen LogP contribution < -0.4 is 5.32 Å². The lowest BCUT2D eigenvalue weighted by molar-refractivity contribution is -0.116. The molecule has 0 spiro atoms. The van der Waals surface area contributed by atoms with Gasteiger partial charge in [-0.25, -0.2) is 8.42 Å². The van der Waals surface area contributed by atoms with E-state index in [4.69, 9.17) is 0 Å². The molecule has 0 fully saturated rings. The number of rotatable bonds is 7. The number of thioether (sulfide) groups is 1. The Morgan fingerprint density at radius 2 is 1.72 bits per heavy atom. The monoisotopic (exact) mass is 386 g/mol. The predicted octanol–water partition coefficient (Wildman–Crippen LogP) is 3.26. The van der Waals surface area contributed by atoms with Gasteiger partial charge in [0.15, 0.2) is 0 Å². The van der Waals surface area contributed by atoms with Crippen LogP contribution in [0.25, 0.3) is 0 Å². The molecule has 0 heterocycles. The summed E-state index contributed by atoms with van der Waals surface area (Å²) in [7, 11) is -2.45. The van der Waals surface area contributed by atoms with Crippen molar-refractivity contribution in [3.8, 4) is 0 Å². The van der Waals surface area contributed by atoms with Crippen molar-refractivity contribution in [1.29, 1.82) is 0 Å². The van der Waals surface area contributed by atoms with Crippen LogP contribution in [-0.4, -0.2) is 38.0 Å². The van der Waals surface area contributed by atoms with Crippen LogP contribution in [0.5, 0.6) is 0 Å². The van der Waals surface area contributed by atoms with E-state index in [1.807, 2.05) is 0 Å². The van der Waals surface area contributed by atoms with Crippen LogP contribution in [0.15, 0.2) is 64.4 Å². The van der Waals surface area contributed by atoms with Crippen LogP contribution in [-0.2, 0) is 14.8 Å². The van der Waals surface area contributed by atoms with Crippen molar-refractivity contribution in [1.82, 2.24) is 4.31 Å². The third-order valence-corrected chi connectivity index (χ3v) is 5.72. The second-order valence-electron chi connectivity index (χ2n) is 5.03. The van der Waals surface area contributed by atoms with Crippen molar-refractivity contribution in [3.05, 3.63) is 54.6 Å². The Morgan fingerprint density at radius 1 is 1.12 bits per heavy atom. The maximum absolute atomic E-state index is 12.3. The summed E-state index contributed by atoms with van der Waals surface area (Å²) in [6, 6.07) is 13.7. The SMILES string of the molecule is CN(CC(=O)Nc1ccc(SC(F)F)cc1)S(=O)(=O)c1ccccc1. The highest BCUT2D eigenvalue weighted by molar-refractivity contribution is 7.99. The van der Waals surface area contributed by atoms with Gasteiger partial charge in [0.05, 0.1) is 11.4 Å². The van der Waals surface area contributed by atoms with Gasteiger partial charge < -0.3 is 5.32 Å². The fourth-order valence-electron chi connectivity index (χ4n) is 1.98. The number of likely N-dealkylation sites (N-methyl/N-ethyl adjacent to an activating group) is 1. The van der Waals surface area contributed by atoms with Crippen molar-refractivity contribution in [2.45, 2.75) is 15.5 Å². The number of anilines is 1. The molecule has 134 valence electrons. The number of carbonyl (C=O) groups is 1. The zero-order chi connectivity index (χ0) is 18.4. The van der Waals surface area contributed by atoms with Crippen LogP contribution in [0.3, 0.4) is 0 Å². The first kappa shape index (κ1) is 19.4. The smallest absolute Gasteiger partial charge is 0.288 e. The molecule has 1 amide bonds. The summed E-state index contributed by atoms with van der Waals surface area (Å²) >= 11 is 0.404. The molecule has 0 aliphatic rings. The molecule has 25 heavy (non-hydrogen) atoms. The van der Waals surface area contributed by atoms with Crippen molar-refractivity contribution < 1.29 is 22.0 Å². The molecule has 0 radical (unpaired) electrons. The summed E-state index contributed by atoms with van der Waals surface area (Å²) in [6.45, 7) is -0.370. The number of hydrogen-bond acceptors (Lipinski definition) is 4. The minimum Gasteiger partial charge on any atom is -0.325 e. The van der Waals surface area contributed by atoms with E-state index in [0.29, 0.717) is 22.3 Å². The number of carbonyl (C=O) groups excluding carboxylic acids is 1. The summed E-state index contributed by atoms with van der Waals surface area (Å²) in [5.41, 5.74) is 0.397. The third-order valence-electron chi connectivity index (χ3n) is 3.18. The molecule has 0 saturated heterocycles. The molecule has 2 rings (SSSR count). The van der Waals surface area contributed by atoms with Crippen molar-refractivity contribution in [2.24, 2.45) is 0 Å². The second kappa shape index (κ2) is 8.41. The quantitative estimate of drug-likeness (QED) is 0.742. The van der Waals surface area contributed by atoms with E-state index in [-0.39, 0.29) is 11.4 Å². The van der Waals surface area contributed by atoms with Crippen molar-refractivity contribution >= 4 is 33.4 Å². The molecule has 0 atom stereocenters. The number of sulfonamides is 1. The standard InChI is InChI=1S/C16H16F2N2O3S2/c1-20(25(22,23)14-5-3-2-4-6-14)11-15(21)19-12-7-9-13(10-8-12)24-16(17)18/h2-10,16H,11H2,1H3,(H,19,21). The second-order valence-corrected chi connectivity index (χ2v) is 8.13. The Morgan fingerprint density at radius 3 is 2.28 bits per heavy atom. The first-order valence-electron chi connectivity index (χ1n) is 7.15. The molecule has 0 unspecified atom stereocenters. The van der Waals surface area contributed by atoms with Gasteiger partial charge in [0.1, 0.15) is 0 Å². The highest BCUT2D eigenvalue weighted by Gasteiger charge is 2.22. The van der Waals surface area contributed by atoms with Crippen molar-refractivity contribution in [2.75, 3.05) is 18.9 Å². The molecule has 0 aliphatic heterocycles. The Bertz CT molecular complexity index is 813. The fraction of sp³-hybridized carbons (Fsp3) is 0.188. The van der Waals surface area contributed by atoms with E-state index >= 15 is 0 Å². The first-order chi connectivity index (χ1) is 11.8. The summed E-state index contributed by atoms with van der Waals surface area (Å²) in [5, 5.41) is 2.54. The van der Waals surface area contributed by atoms with E-state index < -0.39 is 21.7 Å². The molecule has 0 aromatic heterocycles. The van der Waals surface area contributed by atoms with Gasteiger partial charge in [-0.05, 0) is 36.4 Å². The van der Waals surface area contributed by atoms with Crippen LogP contribution in [0, 0.1) is 0 Å². The zero-order valence-corrected chi connectivity index (χ0v) is 14.9. The van der Waals surface area contributed by atoms with Gasteiger partial charge in [0.25, 0.3) is 5.76 Å². The molecule has 2 aromatic carbocycles. The minimum absolute atomic E-state index is 0.0960. The highest BCUT2D eigenvalue weighted by Crippen LogP contribution is 2.26. The Balaban J connectivity index is 1.97. The number of halogens is 2. The van der Waals surface area contributed by atoms with Crippen molar-refractivity contribution in [3.63, 3.8) is 0 Å². The van der Waals surface area contributed by atoms with Crippen LogP contribution in [0.4, 0.5) is 14.5 Å². The van der Waals surface area contributed by atoms with Crippen LogP contribution in [0.2, 0.25) is 0 Å². The van der Waals surface area contributed by atoms with Gasteiger partial charge >= 0.3 is 0 Å². The van der Waals surface area contributed by atoms with E-state index in [0.717, 1.165) is 4.31 Å². The van der Waals surface area contributed by atoms with Gasteiger partial charge in [-0.2, -0.15) is 13.1 Å². The Hall–Kier alpha value is -1.97. The van der Waals surface area contributed by atoms with Gasteiger partial charge in [0, 0.05) is 17.6 Å². The normalized spacial score (nSPS) is 11.7. The molecule has 0 bridgehead atoms. The molecule has 5 nitrogen and oxygen atoms in total. The summed E-state index contributed by atoms with van der Waals surface area (Å²) in [5.74, 6) is -3.05. The highest BCUT2D eigenvalue weighted by atomic mass is 32.2. The summed E-state index contributed by atoms with van der Waals surface area (Å²) in [4.78, 5) is 12.5. The Labute approximate surface area is 149 Å². The third kappa shape index (κ3) is 5.52. The molecule has 9 heteroatoms. The average Bonchev–Trinajstić information content (AvgIpc) is 2.57. The Kier molecular flexibility index (Phi) is 6.51. The molecule has 0 saturated carbocycles. The molecule has 1 N–H and O–H groups in total. The lowest BCUT2D eigenvalue weighted by atomic mass is 10.3. The van der Waals surface area contributed by atoms with Crippen LogP contribution in [0.1, 0.15) is 0 Å². The molecule has 2 aromatic rings. The largest absolute Gasteiger partial charge is 0.325 e. The van der Waals surface area contributed by atoms with Gasteiger partial charge in [-0.15, -0.1) is 0 Å². The minimum atomic E-state index is -3.76. The zero-order valence-electron chi connectivity index (χ0n) is 13.2. The van der Waals surface area contributed by atoms with E-state index in [1.54, 1.807) is 18.2 Å². The number of alkyl halides is 2. The van der Waals surface area contributed by atoms with Crippen LogP contribution >= 0.6 is 11.8 Å². The average molecular weight is 386 g/mol. The fourth-order valence-corrected chi connectivity index (χ4v) is 3.63. The topological polar surface area (TPSA) is 66.5 Å². The summed E-state index contributed by atoms with van der Waals surface area (Å²) < 4.78 is 50.1. The lowest BCUT2D eigenvalue weighted by Gasteiger charge is -2.17. The van der Waals surface area contributed by atoms with E-state index in [1.165, 1.54) is 43.4 Å². The number of hydrogen-bond donors (Lipinski definition) is 1. The van der Waals surface area contributed by atoms with Gasteiger partial charge in [0.2, 0.25) is 15.9 Å². The summed E-state index contributed by atoms with van der Waals surface area (Å²) in [6.07, 6.45) is 0.